The first kappa shape index (κ1) is 19.0. The maximum atomic E-state index is 13.4. The summed E-state index contributed by atoms with van der Waals surface area (Å²) in [6.07, 6.45) is 1.01. The van der Waals surface area contributed by atoms with Crippen molar-refractivity contribution in [2.45, 2.75) is 31.1 Å². The second-order valence-corrected chi connectivity index (χ2v) is 5.61. The molecule has 0 bridgehead atoms. The largest absolute Gasteiger partial charge is 0.454 e. The van der Waals surface area contributed by atoms with E-state index in [0.29, 0.717) is 17.7 Å². The van der Waals surface area contributed by atoms with Gasteiger partial charge in [0, 0.05) is 24.3 Å². The highest BCUT2D eigenvalue weighted by Crippen LogP contribution is 2.24. The van der Waals surface area contributed by atoms with Crippen LogP contribution < -0.4 is 11.1 Å². The Bertz CT molecular complexity index is 581. The molecule has 0 unspecified atom stereocenters. The number of nitrogens with two attached hydrogens (primary N) is 1. The summed E-state index contributed by atoms with van der Waals surface area (Å²) in [7, 11) is 0. The van der Waals surface area contributed by atoms with E-state index in [0.717, 1.165) is 17.8 Å². The predicted octanol–water partition coefficient (Wildman–Crippen LogP) is 1.82. The van der Waals surface area contributed by atoms with E-state index >= 15 is 0 Å². The van der Waals surface area contributed by atoms with Gasteiger partial charge in [0.2, 0.25) is 5.91 Å². The maximum absolute atomic E-state index is 13.4. The molecular weight excluding hydrogens is 323 g/mol. The number of esters is 1. The van der Waals surface area contributed by atoms with Crippen LogP contribution in [0.15, 0.2) is 23.1 Å². The van der Waals surface area contributed by atoms with Crippen molar-refractivity contribution in [2.24, 2.45) is 5.73 Å². The highest BCUT2D eigenvalue weighted by Gasteiger charge is 2.14. The van der Waals surface area contributed by atoms with Gasteiger partial charge in [-0.3, -0.25) is 14.4 Å². The summed E-state index contributed by atoms with van der Waals surface area (Å²) in [5, 5.41) is 2.49. The van der Waals surface area contributed by atoms with Crippen molar-refractivity contribution < 1.29 is 23.5 Å². The van der Waals surface area contributed by atoms with Crippen molar-refractivity contribution in [3.63, 3.8) is 0 Å². The van der Waals surface area contributed by atoms with E-state index in [4.69, 9.17) is 10.5 Å². The summed E-state index contributed by atoms with van der Waals surface area (Å²) < 4.78 is 18.4. The summed E-state index contributed by atoms with van der Waals surface area (Å²) in [5.41, 5.74) is 5.10. The number of thioether (sulfide) groups is 1. The van der Waals surface area contributed by atoms with Crippen LogP contribution in [0.25, 0.3) is 0 Å². The van der Waals surface area contributed by atoms with Crippen LogP contribution in [0.2, 0.25) is 0 Å². The van der Waals surface area contributed by atoms with Crippen LogP contribution >= 0.6 is 11.8 Å². The molecule has 0 aromatic heterocycles. The van der Waals surface area contributed by atoms with Gasteiger partial charge in [0.1, 0.15) is 11.8 Å². The zero-order valence-electron chi connectivity index (χ0n) is 12.8. The number of amides is 2. The summed E-state index contributed by atoms with van der Waals surface area (Å²) in [6, 6.07) is 3.75. The monoisotopic (exact) mass is 342 g/mol. The van der Waals surface area contributed by atoms with Crippen molar-refractivity contribution in [3.05, 3.63) is 29.6 Å². The molecule has 0 aliphatic carbocycles. The first-order chi connectivity index (χ1) is 10.9. The average molecular weight is 342 g/mol. The van der Waals surface area contributed by atoms with Crippen molar-refractivity contribution in [2.75, 3.05) is 12.5 Å². The highest BCUT2D eigenvalue weighted by molar-refractivity contribution is 7.99. The van der Waals surface area contributed by atoms with Crippen molar-refractivity contribution >= 4 is 29.5 Å². The smallest absolute Gasteiger partial charge is 0.306 e. The number of halogens is 1. The van der Waals surface area contributed by atoms with Gasteiger partial charge in [0.15, 0.2) is 0 Å². The van der Waals surface area contributed by atoms with E-state index in [9.17, 15) is 18.8 Å². The van der Waals surface area contributed by atoms with Crippen molar-refractivity contribution in [3.8, 4) is 0 Å². The number of hydrogen-bond donors (Lipinski definition) is 2. The van der Waals surface area contributed by atoms with E-state index in [1.807, 2.05) is 6.92 Å². The molecule has 8 heteroatoms. The van der Waals surface area contributed by atoms with E-state index in [1.54, 1.807) is 0 Å². The summed E-state index contributed by atoms with van der Waals surface area (Å²) in [6.45, 7) is 1.93. The Balaban J connectivity index is 2.66. The van der Waals surface area contributed by atoms with Crippen LogP contribution in [0.5, 0.6) is 0 Å². The topological polar surface area (TPSA) is 98.5 Å². The minimum absolute atomic E-state index is 0.00182. The van der Waals surface area contributed by atoms with Gasteiger partial charge in [0.05, 0.1) is 5.56 Å². The minimum atomic E-state index is -0.558. The Kier molecular flexibility index (Phi) is 8.10. The number of carbonyl (C=O) groups excluding carboxylic acids is 3. The second-order valence-electron chi connectivity index (χ2n) is 4.64. The number of carbonyl (C=O) groups is 3. The first-order valence-corrected chi connectivity index (χ1v) is 8.07. The van der Waals surface area contributed by atoms with E-state index in [1.165, 1.54) is 12.1 Å². The predicted molar refractivity (Wildman–Crippen MR) is 84.3 cm³/mol. The molecule has 23 heavy (non-hydrogen) atoms. The maximum Gasteiger partial charge on any atom is 0.306 e. The van der Waals surface area contributed by atoms with Gasteiger partial charge in [0.25, 0.3) is 5.91 Å². The molecule has 6 nitrogen and oxygen atoms in total. The molecule has 0 atom stereocenters. The Morgan fingerprint density at radius 1 is 1.30 bits per heavy atom. The van der Waals surface area contributed by atoms with E-state index in [-0.39, 0.29) is 30.4 Å². The molecular formula is C15H19FN2O4S. The van der Waals surface area contributed by atoms with Gasteiger partial charge in [-0.1, -0.05) is 18.7 Å². The van der Waals surface area contributed by atoms with Gasteiger partial charge < -0.3 is 15.8 Å². The Morgan fingerprint density at radius 2 is 2.04 bits per heavy atom. The van der Waals surface area contributed by atoms with Crippen LogP contribution in [0.3, 0.4) is 0 Å². The molecule has 1 aromatic carbocycles. The molecule has 0 saturated carbocycles. The lowest BCUT2D eigenvalue weighted by Gasteiger charge is -2.10. The molecule has 1 rings (SSSR count). The third-order valence-electron chi connectivity index (χ3n) is 2.73. The molecule has 3 N–H and O–H groups in total. The SMILES string of the molecule is CCCC(=O)OCSc1ccc(F)cc1C(=O)NCCC(N)=O. The molecule has 0 aliphatic rings. The van der Waals surface area contributed by atoms with E-state index < -0.39 is 17.6 Å². The zero-order valence-corrected chi connectivity index (χ0v) is 13.6. The lowest BCUT2D eigenvalue weighted by atomic mass is 10.2. The Labute approximate surface area is 137 Å². The van der Waals surface area contributed by atoms with Crippen LogP contribution in [-0.2, 0) is 14.3 Å². The number of primary amides is 1. The molecule has 0 heterocycles. The van der Waals surface area contributed by atoms with Gasteiger partial charge in [-0.25, -0.2) is 4.39 Å². The fraction of sp³-hybridized carbons (Fsp3) is 0.400. The van der Waals surface area contributed by atoms with Crippen LogP contribution in [0, 0.1) is 5.82 Å². The fourth-order valence-electron chi connectivity index (χ4n) is 1.63. The second kappa shape index (κ2) is 9.83. The number of nitrogens with one attached hydrogen (secondary N) is 1. The lowest BCUT2D eigenvalue weighted by molar-refractivity contribution is -0.141. The summed E-state index contributed by atoms with van der Waals surface area (Å²) in [5.74, 6) is -1.91. The fourth-order valence-corrected chi connectivity index (χ4v) is 2.42. The molecule has 2 amide bonds. The molecule has 0 radical (unpaired) electrons. The molecule has 0 spiro atoms. The standard InChI is InChI=1S/C15H19FN2O4S/c1-2-3-14(20)22-9-23-12-5-4-10(16)8-11(12)15(21)18-7-6-13(17)19/h4-5,8H,2-3,6-7,9H2,1H3,(H2,17,19)(H,18,21). The molecule has 0 fully saturated rings. The van der Waals surface area contributed by atoms with Crippen LogP contribution in [0.4, 0.5) is 4.39 Å². The van der Waals surface area contributed by atoms with Crippen molar-refractivity contribution in [1.82, 2.24) is 5.32 Å². The van der Waals surface area contributed by atoms with Crippen molar-refractivity contribution in [1.29, 1.82) is 0 Å². The van der Waals surface area contributed by atoms with E-state index in [2.05, 4.69) is 5.32 Å². The molecule has 0 saturated heterocycles. The molecule has 1 aromatic rings. The third-order valence-corrected chi connectivity index (χ3v) is 3.63. The van der Waals surface area contributed by atoms with Crippen LogP contribution in [-0.4, -0.2) is 30.3 Å². The lowest BCUT2D eigenvalue weighted by Crippen LogP contribution is -2.28. The normalized spacial score (nSPS) is 10.2. The average Bonchev–Trinajstić information content (AvgIpc) is 2.48. The zero-order chi connectivity index (χ0) is 17.2. The van der Waals surface area contributed by atoms with Gasteiger partial charge >= 0.3 is 5.97 Å². The number of ether oxygens (including phenoxy) is 1. The Hall–Kier alpha value is -2.09. The van der Waals surface area contributed by atoms with Crippen LogP contribution in [0.1, 0.15) is 36.5 Å². The number of hydrogen-bond acceptors (Lipinski definition) is 5. The van der Waals surface area contributed by atoms with Gasteiger partial charge in [-0.05, 0) is 24.6 Å². The molecule has 126 valence electrons. The van der Waals surface area contributed by atoms with Gasteiger partial charge in [-0.15, -0.1) is 0 Å². The summed E-state index contributed by atoms with van der Waals surface area (Å²) in [4.78, 5) is 34.5. The summed E-state index contributed by atoms with van der Waals surface area (Å²) >= 11 is 1.12. The quantitative estimate of drug-likeness (QED) is 0.405. The first-order valence-electron chi connectivity index (χ1n) is 7.08. The highest BCUT2D eigenvalue weighted by atomic mass is 32.2. The molecule has 0 aliphatic heterocycles. The third kappa shape index (κ3) is 7.14. The van der Waals surface area contributed by atoms with Gasteiger partial charge in [-0.2, -0.15) is 0 Å². The number of benzene rings is 1. The number of rotatable bonds is 9. The minimum Gasteiger partial charge on any atom is -0.454 e. The Morgan fingerprint density at radius 3 is 2.70 bits per heavy atom.